The molecule has 0 amide bonds. The highest BCUT2D eigenvalue weighted by Crippen LogP contribution is 2.35. The van der Waals surface area contributed by atoms with Gasteiger partial charge in [0.05, 0.1) is 15.9 Å². The lowest BCUT2D eigenvalue weighted by Crippen LogP contribution is -2.48. The number of hydrogen-bond acceptors (Lipinski definition) is 5. The maximum Gasteiger partial charge on any atom is 0.273 e. The van der Waals surface area contributed by atoms with Crippen molar-refractivity contribution in [3.05, 3.63) is 68.7 Å². The van der Waals surface area contributed by atoms with Crippen molar-refractivity contribution >= 4 is 39.7 Å². The second-order valence-electron chi connectivity index (χ2n) is 6.01. The Kier molecular flexibility index (Phi) is 6.82. The Balaban J connectivity index is 0.00000261. The van der Waals surface area contributed by atoms with Gasteiger partial charge in [0.1, 0.15) is 0 Å². The van der Waals surface area contributed by atoms with Gasteiger partial charge in [0.15, 0.2) is 0 Å². The topological polar surface area (TPSA) is 92.5 Å². The normalized spacial score (nSPS) is 17.9. The van der Waals surface area contributed by atoms with Gasteiger partial charge in [0, 0.05) is 36.3 Å². The molecule has 1 aliphatic rings. The summed E-state index contributed by atoms with van der Waals surface area (Å²) in [6.07, 6.45) is 0. The van der Waals surface area contributed by atoms with Gasteiger partial charge >= 0.3 is 0 Å². The minimum Gasteiger partial charge on any atom is -0.313 e. The minimum absolute atomic E-state index is 0. The molecule has 1 fully saturated rings. The van der Waals surface area contributed by atoms with Crippen LogP contribution in [0, 0.1) is 17.0 Å². The molecule has 0 spiro atoms. The van der Waals surface area contributed by atoms with Gasteiger partial charge in [-0.2, -0.15) is 4.31 Å². The van der Waals surface area contributed by atoms with Crippen LogP contribution in [0.25, 0.3) is 0 Å². The molecule has 10 heteroatoms. The molecule has 1 atom stereocenters. The maximum atomic E-state index is 13.3. The standard InChI is InChI=1S/C17H18ClN3O4S.ClH/c1-12-15(21(22)23)7-4-8-17(12)26(24,25)20-10-9-19-11-16(20)13-5-2-3-6-14(13)18;/h2-8,16,19H,9-11H2,1H3;1H. The molecule has 0 bridgehead atoms. The number of benzene rings is 2. The lowest BCUT2D eigenvalue weighted by Gasteiger charge is -2.36. The minimum atomic E-state index is -3.93. The van der Waals surface area contributed by atoms with E-state index in [2.05, 4.69) is 5.32 Å². The van der Waals surface area contributed by atoms with Crippen LogP contribution in [0.4, 0.5) is 5.69 Å². The Bertz CT molecular complexity index is 953. The van der Waals surface area contributed by atoms with E-state index in [0.29, 0.717) is 23.7 Å². The quantitative estimate of drug-likeness (QED) is 0.591. The molecule has 0 aliphatic carbocycles. The highest BCUT2D eigenvalue weighted by molar-refractivity contribution is 7.89. The van der Waals surface area contributed by atoms with Crippen molar-refractivity contribution in [2.24, 2.45) is 0 Å². The molecule has 3 rings (SSSR count). The van der Waals surface area contributed by atoms with E-state index in [1.54, 1.807) is 24.3 Å². The van der Waals surface area contributed by atoms with E-state index in [0.717, 1.165) is 0 Å². The summed E-state index contributed by atoms with van der Waals surface area (Å²) >= 11 is 6.28. The van der Waals surface area contributed by atoms with E-state index in [1.165, 1.54) is 29.4 Å². The zero-order valence-corrected chi connectivity index (χ0v) is 16.9. The molecule has 1 heterocycles. The number of piperazine rings is 1. The van der Waals surface area contributed by atoms with E-state index < -0.39 is 21.0 Å². The molecule has 1 unspecified atom stereocenters. The van der Waals surface area contributed by atoms with Crippen molar-refractivity contribution in [2.75, 3.05) is 19.6 Å². The Labute approximate surface area is 168 Å². The molecular weight excluding hydrogens is 413 g/mol. The van der Waals surface area contributed by atoms with Crippen LogP contribution in [-0.2, 0) is 10.0 Å². The van der Waals surface area contributed by atoms with Crippen molar-refractivity contribution in [2.45, 2.75) is 17.9 Å². The fourth-order valence-corrected chi connectivity index (χ4v) is 5.30. The third-order valence-corrected chi connectivity index (χ3v) is 6.89. The average molecular weight is 432 g/mol. The number of halogens is 2. The van der Waals surface area contributed by atoms with E-state index in [4.69, 9.17) is 11.6 Å². The zero-order chi connectivity index (χ0) is 18.9. The van der Waals surface area contributed by atoms with E-state index in [1.807, 2.05) is 0 Å². The van der Waals surface area contributed by atoms with Gasteiger partial charge in [0.2, 0.25) is 10.0 Å². The number of nitrogens with one attached hydrogen (secondary N) is 1. The monoisotopic (exact) mass is 431 g/mol. The van der Waals surface area contributed by atoms with Gasteiger partial charge in [-0.05, 0) is 24.6 Å². The number of nitro groups is 1. The van der Waals surface area contributed by atoms with Crippen LogP contribution in [-0.4, -0.2) is 37.3 Å². The predicted octanol–water partition coefficient (Wildman–Crippen LogP) is 3.31. The van der Waals surface area contributed by atoms with Gasteiger partial charge in [-0.3, -0.25) is 10.1 Å². The summed E-state index contributed by atoms with van der Waals surface area (Å²) < 4.78 is 28.0. The van der Waals surface area contributed by atoms with Crippen molar-refractivity contribution in [1.82, 2.24) is 9.62 Å². The first-order chi connectivity index (χ1) is 12.3. The first-order valence-electron chi connectivity index (χ1n) is 8.05. The molecule has 1 aliphatic heterocycles. The molecule has 7 nitrogen and oxygen atoms in total. The van der Waals surface area contributed by atoms with Gasteiger partial charge in [-0.25, -0.2) is 8.42 Å². The number of rotatable bonds is 4. The molecule has 27 heavy (non-hydrogen) atoms. The molecule has 0 saturated carbocycles. The predicted molar refractivity (Wildman–Crippen MR) is 106 cm³/mol. The molecule has 2 aromatic rings. The van der Waals surface area contributed by atoms with Crippen molar-refractivity contribution in [3.8, 4) is 0 Å². The first-order valence-corrected chi connectivity index (χ1v) is 9.87. The fraction of sp³-hybridized carbons (Fsp3) is 0.294. The summed E-state index contributed by atoms with van der Waals surface area (Å²) in [5.74, 6) is 0. The second-order valence-corrected chi connectivity index (χ2v) is 8.28. The lowest BCUT2D eigenvalue weighted by molar-refractivity contribution is -0.385. The van der Waals surface area contributed by atoms with Crippen molar-refractivity contribution < 1.29 is 13.3 Å². The van der Waals surface area contributed by atoms with Crippen LogP contribution >= 0.6 is 24.0 Å². The van der Waals surface area contributed by atoms with Gasteiger partial charge < -0.3 is 5.32 Å². The Morgan fingerprint density at radius 1 is 1.22 bits per heavy atom. The highest BCUT2D eigenvalue weighted by atomic mass is 35.5. The van der Waals surface area contributed by atoms with E-state index >= 15 is 0 Å². The first kappa shape index (κ1) is 21.6. The van der Waals surface area contributed by atoms with Crippen LogP contribution in [0.5, 0.6) is 0 Å². The largest absolute Gasteiger partial charge is 0.313 e. The summed E-state index contributed by atoms with van der Waals surface area (Å²) in [7, 11) is -3.93. The Morgan fingerprint density at radius 3 is 2.59 bits per heavy atom. The number of sulfonamides is 1. The van der Waals surface area contributed by atoms with Crippen molar-refractivity contribution in [3.63, 3.8) is 0 Å². The van der Waals surface area contributed by atoms with Crippen LogP contribution < -0.4 is 5.32 Å². The molecule has 1 saturated heterocycles. The van der Waals surface area contributed by atoms with Crippen LogP contribution in [0.1, 0.15) is 17.2 Å². The fourth-order valence-electron chi connectivity index (χ4n) is 3.19. The van der Waals surface area contributed by atoms with Gasteiger partial charge in [0.25, 0.3) is 5.69 Å². The molecule has 0 aromatic heterocycles. The molecule has 146 valence electrons. The molecular formula is C17H19Cl2N3O4S. The lowest BCUT2D eigenvalue weighted by atomic mass is 10.1. The summed E-state index contributed by atoms with van der Waals surface area (Å²) in [6, 6.07) is 10.7. The third kappa shape index (κ3) is 4.09. The Hall–Kier alpha value is -1.71. The van der Waals surface area contributed by atoms with Crippen LogP contribution in [0.15, 0.2) is 47.4 Å². The number of nitro benzene ring substituents is 1. The van der Waals surface area contributed by atoms with Crippen LogP contribution in [0.2, 0.25) is 5.02 Å². The highest BCUT2D eigenvalue weighted by Gasteiger charge is 2.37. The number of hydrogen-bond donors (Lipinski definition) is 1. The van der Waals surface area contributed by atoms with Gasteiger partial charge in [-0.1, -0.05) is 35.9 Å². The Morgan fingerprint density at radius 2 is 1.93 bits per heavy atom. The van der Waals surface area contributed by atoms with E-state index in [-0.39, 0.29) is 35.1 Å². The van der Waals surface area contributed by atoms with Crippen molar-refractivity contribution in [1.29, 1.82) is 0 Å². The maximum absolute atomic E-state index is 13.3. The smallest absolute Gasteiger partial charge is 0.273 e. The SMILES string of the molecule is Cc1c([N+](=O)[O-])cccc1S(=O)(=O)N1CCNCC1c1ccccc1Cl.Cl. The van der Waals surface area contributed by atoms with Crippen LogP contribution in [0.3, 0.4) is 0 Å². The molecule has 2 aromatic carbocycles. The summed E-state index contributed by atoms with van der Waals surface area (Å²) in [4.78, 5) is 10.6. The molecule has 1 N–H and O–H groups in total. The third-order valence-electron chi connectivity index (χ3n) is 4.50. The average Bonchev–Trinajstić information content (AvgIpc) is 2.62. The number of nitrogens with zero attached hydrogens (tertiary/aromatic N) is 2. The molecule has 0 radical (unpaired) electrons. The summed E-state index contributed by atoms with van der Waals surface area (Å²) in [5.41, 5.74) is 0.623. The van der Waals surface area contributed by atoms with E-state index in [9.17, 15) is 18.5 Å². The van der Waals surface area contributed by atoms with Gasteiger partial charge in [-0.15, -0.1) is 12.4 Å². The summed E-state index contributed by atoms with van der Waals surface area (Å²) in [6.45, 7) is 2.61. The summed E-state index contributed by atoms with van der Waals surface area (Å²) in [5, 5.41) is 14.8. The second kappa shape index (κ2) is 8.53. The zero-order valence-electron chi connectivity index (χ0n) is 14.5.